The minimum absolute atomic E-state index is 0.615. The van der Waals surface area contributed by atoms with Crippen LogP contribution in [0.25, 0.3) is 11.4 Å². The summed E-state index contributed by atoms with van der Waals surface area (Å²) in [6.07, 6.45) is 0.861. The fourth-order valence-corrected chi connectivity index (χ4v) is 3.07. The molecule has 2 heterocycles. The quantitative estimate of drug-likeness (QED) is 0.753. The van der Waals surface area contributed by atoms with Gasteiger partial charge in [-0.15, -0.1) is 0 Å². The molecule has 0 amide bonds. The van der Waals surface area contributed by atoms with E-state index in [4.69, 9.17) is 4.74 Å². The highest BCUT2D eigenvalue weighted by Crippen LogP contribution is 2.25. The molecule has 0 bridgehead atoms. The van der Waals surface area contributed by atoms with E-state index in [1.54, 1.807) is 11.8 Å². The molecular weight excluding hydrogens is 310 g/mol. The maximum Gasteiger partial charge on any atom is 0.216 e. The van der Waals surface area contributed by atoms with Gasteiger partial charge in [-0.05, 0) is 6.42 Å². The van der Waals surface area contributed by atoms with Crippen LogP contribution in [-0.4, -0.2) is 26.2 Å². The van der Waals surface area contributed by atoms with E-state index in [0.29, 0.717) is 6.54 Å². The van der Waals surface area contributed by atoms with Crippen molar-refractivity contribution in [3.05, 3.63) is 41.6 Å². The number of rotatable bonds is 6. The minimum Gasteiger partial charge on any atom is -0.481 e. The Morgan fingerprint density at radius 1 is 1.26 bits per heavy atom. The number of aryl methyl sites for hydroxylation is 2. The Balaban J connectivity index is 1.76. The molecule has 0 aliphatic rings. The van der Waals surface area contributed by atoms with Crippen molar-refractivity contribution in [1.29, 1.82) is 0 Å². The van der Waals surface area contributed by atoms with E-state index in [0.717, 1.165) is 40.1 Å². The number of nitrogens with one attached hydrogen (secondary N) is 1. The van der Waals surface area contributed by atoms with E-state index in [-0.39, 0.29) is 0 Å². The van der Waals surface area contributed by atoms with Gasteiger partial charge in [-0.25, -0.2) is 4.68 Å². The predicted octanol–water partition coefficient (Wildman–Crippen LogP) is 3.12. The lowest BCUT2D eigenvalue weighted by Gasteiger charge is -2.05. The molecule has 0 saturated carbocycles. The van der Waals surface area contributed by atoms with Crippen molar-refractivity contribution in [3.8, 4) is 17.3 Å². The number of nitrogens with zero attached hydrogens (tertiary/aromatic N) is 4. The van der Waals surface area contributed by atoms with Crippen molar-refractivity contribution in [2.24, 2.45) is 7.05 Å². The summed E-state index contributed by atoms with van der Waals surface area (Å²) in [6, 6.07) is 9.96. The summed E-state index contributed by atoms with van der Waals surface area (Å²) < 4.78 is 11.6. The van der Waals surface area contributed by atoms with Crippen LogP contribution < -0.4 is 10.1 Å². The van der Waals surface area contributed by atoms with Crippen molar-refractivity contribution in [2.75, 3.05) is 12.4 Å². The molecule has 23 heavy (non-hydrogen) atoms. The van der Waals surface area contributed by atoms with Crippen LogP contribution in [-0.2, 0) is 20.0 Å². The molecule has 1 N–H and O–H groups in total. The monoisotopic (exact) mass is 329 g/mol. The number of aromatic nitrogens is 4. The predicted molar refractivity (Wildman–Crippen MR) is 91.8 cm³/mol. The van der Waals surface area contributed by atoms with Crippen LogP contribution in [0, 0.1) is 0 Å². The van der Waals surface area contributed by atoms with E-state index >= 15 is 0 Å². The van der Waals surface area contributed by atoms with Gasteiger partial charge in [0.2, 0.25) is 11.0 Å². The number of methoxy groups -OCH3 is 1. The average molecular weight is 329 g/mol. The van der Waals surface area contributed by atoms with Gasteiger partial charge >= 0.3 is 0 Å². The molecule has 6 nitrogen and oxygen atoms in total. The molecule has 0 saturated heterocycles. The molecule has 1 aromatic carbocycles. The minimum atomic E-state index is 0.615. The Kier molecular flexibility index (Phi) is 4.57. The largest absolute Gasteiger partial charge is 0.481 e. The second-order valence-electron chi connectivity index (χ2n) is 5.05. The SMILES string of the molecule is CCc1nn(C)c(OC)c1CNc1nc(-c2ccccc2)ns1. The summed E-state index contributed by atoms with van der Waals surface area (Å²) in [5, 5.41) is 8.60. The highest BCUT2D eigenvalue weighted by atomic mass is 32.1. The van der Waals surface area contributed by atoms with Gasteiger partial charge in [-0.3, -0.25) is 0 Å². The van der Waals surface area contributed by atoms with E-state index < -0.39 is 0 Å². The normalized spacial score (nSPS) is 10.7. The van der Waals surface area contributed by atoms with E-state index in [9.17, 15) is 0 Å². The molecule has 3 aromatic rings. The second kappa shape index (κ2) is 6.78. The fourth-order valence-electron chi connectivity index (χ4n) is 2.49. The van der Waals surface area contributed by atoms with Gasteiger partial charge in [0.25, 0.3) is 0 Å². The molecule has 3 rings (SSSR count). The van der Waals surface area contributed by atoms with Gasteiger partial charge in [0.05, 0.1) is 18.4 Å². The molecule has 0 aliphatic carbocycles. The third-order valence-electron chi connectivity index (χ3n) is 3.57. The topological polar surface area (TPSA) is 64.9 Å². The zero-order valence-corrected chi connectivity index (χ0v) is 14.2. The molecule has 0 spiro atoms. The number of ether oxygens (including phenoxy) is 1. The molecule has 0 fully saturated rings. The average Bonchev–Trinajstić information content (AvgIpc) is 3.17. The fraction of sp³-hybridized carbons (Fsp3) is 0.312. The first-order valence-corrected chi connectivity index (χ1v) is 8.22. The van der Waals surface area contributed by atoms with Crippen LogP contribution in [0.3, 0.4) is 0 Å². The maximum atomic E-state index is 5.45. The standard InChI is InChI=1S/C16H19N5OS/c1-4-13-12(15(22-3)21(2)19-13)10-17-16-18-14(20-23-16)11-8-6-5-7-9-11/h5-9H,4,10H2,1-3H3,(H,17,18,20). The summed E-state index contributed by atoms with van der Waals surface area (Å²) in [7, 11) is 3.55. The summed E-state index contributed by atoms with van der Waals surface area (Å²) in [6.45, 7) is 2.70. The number of hydrogen-bond donors (Lipinski definition) is 1. The van der Waals surface area contributed by atoms with Crippen molar-refractivity contribution in [2.45, 2.75) is 19.9 Å². The molecule has 2 aromatic heterocycles. The van der Waals surface area contributed by atoms with Crippen LogP contribution in [0.2, 0.25) is 0 Å². The Morgan fingerprint density at radius 3 is 2.74 bits per heavy atom. The van der Waals surface area contributed by atoms with Crippen molar-refractivity contribution >= 4 is 16.7 Å². The van der Waals surface area contributed by atoms with Crippen molar-refractivity contribution in [3.63, 3.8) is 0 Å². The number of anilines is 1. The summed E-state index contributed by atoms with van der Waals surface area (Å²) in [5.74, 6) is 1.52. The van der Waals surface area contributed by atoms with Gasteiger partial charge in [0, 0.05) is 30.7 Å². The summed E-state index contributed by atoms with van der Waals surface area (Å²) >= 11 is 1.36. The molecule has 0 atom stereocenters. The second-order valence-corrected chi connectivity index (χ2v) is 5.81. The van der Waals surface area contributed by atoms with E-state index in [1.807, 2.05) is 37.4 Å². The number of benzene rings is 1. The molecular formula is C16H19N5OS. The Bertz CT molecular complexity index is 781. The first-order chi connectivity index (χ1) is 11.2. The molecule has 7 heteroatoms. The van der Waals surface area contributed by atoms with Crippen molar-refractivity contribution < 1.29 is 4.74 Å². The van der Waals surface area contributed by atoms with Crippen molar-refractivity contribution in [1.82, 2.24) is 19.1 Å². The zero-order chi connectivity index (χ0) is 16.2. The zero-order valence-electron chi connectivity index (χ0n) is 13.4. The first kappa shape index (κ1) is 15.5. The summed E-state index contributed by atoms with van der Waals surface area (Å²) in [4.78, 5) is 4.54. The van der Waals surface area contributed by atoms with Crippen LogP contribution >= 0.6 is 11.5 Å². The van der Waals surface area contributed by atoms with Gasteiger partial charge in [0.15, 0.2) is 5.82 Å². The molecule has 120 valence electrons. The molecule has 0 radical (unpaired) electrons. The first-order valence-electron chi connectivity index (χ1n) is 7.44. The van der Waals surface area contributed by atoms with Crippen LogP contribution in [0.1, 0.15) is 18.2 Å². The molecule has 0 unspecified atom stereocenters. The van der Waals surface area contributed by atoms with Gasteiger partial charge in [0.1, 0.15) is 0 Å². The van der Waals surface area contributed by atoms with Gasteiger partial charge in [-0.1, -0.05) is 37.3 Å². The van der Waals surface area contributed by atoms with Crippen LogP contribution in [0.5, 0.6) is 5.88 Å². The highest BCUT2D eigenvalue weighted by Gasteiger charge is 2.16. The third-order valence-corrected chi connectivity index (χ3v) is 4.25. The number of hydrogen-bond acceptors (Lipinski definition) is 6. The molecule has 0 aliphatic heterocycles. The lowest BCUT2D eigenvalue weighted by Crippen LogP contribution is -2.03. The van der Waals surface area contributed by atoms with E-state index in [1.165, 1.54) is 11.5 Å². The van der Waals surface area contributed by atoms with Gasteiger partial charge < -0.3 is 10.1 Å². The van der Waals surface area contributed by atoms with Crippen LogP contribution in [0.4, 0.5) is 5.13 Å². The smallest absolute Gasteiger partial charge is 0.216 e. The Hall–Kier alpha value is -2.41. The summed E-state index contributed by atoms with van der Waals surface area (Å²) in [5.41, 5.74) is 3.11. The third kappa shape index (κ3) is 3.19. The van der Waals surface area contributed by atoms with Gasteiger partial charge in [-0.2, -0.15) is 14.5 Å². The Labute approximate surface area is 139 Å². The lowest BCUT2D eigenvalue weighted by molar-refractivity contribution is 0.370. The lowest BCUT2D eigenvalue weighted by atomic mass is 10.2. The Morgan fingerprint density at radius 2 is 2.04 bits per heavy atom. The highest BCUT2D eigenvalue weighted by molar-refractivity contribution is 7.09. The van der Waals surface area contributed by atoms with E-state index in [2.05, 4.69) is 26.7 Å². The van der Waals surface area contributed by atoms with Crippen LogP contribution in [0.15, 0.2) is 30.3 Å². The maximum absolute atomic E-state index is 5.45.